The fraction of sp³-hybridized carbons (Fsp3) is 0.286. The smallest absolute Gasteiger partial charge is 0.340 e. The molecular weight excluding hydrogens is 378 g/mol. The highest BCUT2D eigenvalue weighted by Gasteiger charge is 2.21. The minimum absolute atomic E-state index is 0.0104. The molecule has 28 heavy (non-hydrogen) atoms. The second-order valence-electron chi connectivity index (χ2n) is 5.98. The number of Topliss-reactive ketones (excluding diaryl/α,β-unsaturated/α-hetero) is 1. The van der Waals surface area contributed by atoms with Crippen molar-refractivity contribution in [2.75, 3.05) is 17.7 Å². The van der Waals surface area contributed by atoms with E-state index in [0.717, 1.165) is 0 Å². The summed E-state index contributed by atoms with van der Waals surface area (Å²) in [6, 6.07) is 13.8. The molecule has 6 nitrogen and oxygen atoms in total. The molecule has 0 saturated carbocycles. The number of thioether (sulfide) groups is 1. The van der Waals surface area contributed by atoms with Gasteiger partial charge in [-0.2, -0.15) is 0 Å². The Morgan fingerprint density at radius 2 is 1.75 bits per heavy atom. The summed E-state index contributed by atoms with van der Waals surface area (Å²) in [4.78, 5) is 36.6. The van der Waals surface area contributed by atoms with Crippen LogP contribution in [0.25, 0.3) is 0 Å². The van der Waals surface area contributed by atoms with Crippen LogP contribution >= 0.6 is 11.8 Å². The van der Waals surface area contributed by atoms with Crippen LogP contribution in [0.15, 0.2) is 53.4 Å². The zero-order valence-corrected chi connectivity index (χ0v) is 16.9. The lowest BCUT2D eigenvalue weighted by Crippen LogP contribution is -2.30. The first-order valence-electron chi connectivity index (χ1n) is 8.86. The molecule has 0 unspecified atom stereocenters. The fourth-order valence-electron chi connectivity index (χ4n) is 2.26. The van der Waals surface area contributed by atoms with Crippen molar-refractivity contribution < 1.29 is 23.9 Å². The standard InChI is InChI=1S/C21H23NO5S/c1-4-26-17-11-9-16(10-12-17)22-20(24)15(3)27-21(25)18-7-5-6-8-19(18)28-13-14(2)23/h5-12,15H,4,13H2,1-3H3,(H,22,24)/t15-/m0/s1. The highest BCUT2D eigenvalue weighted by atomic mass is 32.2. The Labute approximate surface area is 168 Å². The molecule has 0 aliphatic carbocycles. The van der Waals surface area contributed by atoms with Crippen LogP contribution in [0.5, 0.6) is 5.75 Å². The second kappa shape index (κ2) is 10.5. The molecule has 0 radical (unpaired) electrons. The van der Waals surface area contributed by atoms with Crippen molar-refractivity contribution in [3.05, 3.63) is 54.1 Å². The van der Waals surface area contributed by atoms with Crippen molar-refractivity contribution >= 4 is 35.1 Å². The molecular formula is C21H23NO5S. The van der Waals surface area contributed by atoms with Crippen LogP contribution in [-0.4, -0.2) is 36.1 Å². The minimum atomic E-state index is -0.982. The number of hydrogen-bond donors (Lipinski definition) is 1. The summed E-state index contributed by atoms with van der Waals surface area (Å²) < 4.78 is 10.7. The zero-order valence-electron chi connectivity index (χ0n) is 16.1. The Morgan fingerprint density at radius 3 is 2.39 bits per heavy atom. The summed E-state index contributed by atoms with van der Waals surface area (Å²) in [5, 5.41) is 2.70. The van der Waals surface area contributed by atoms with Crippen LogP contribution in [0.4, 0.5) is 5.69 Å². The van der Waals surface area contributed by atoms with Gasteiger partial charge in [-0.15, -0.1) is 11.8 Å². The highest BCUT2D eigenvalue weighted by Crippen LogP contribution is 2.24. The van der Waals surface area contributed by atoms with Crippen molar-refractivity contribution in [3.63, 3.8) is 0 Å². The van der Waals surface area contributed by atoms with Gasteiger partial charge in [0.15, 0.2) is 6.10 Å². The first-order valence-corrected chi connectivity index (χ1v) is 9.85. The van der Waals surface area contributed by atoms with Gasteiger partial charge in [0.2, 0.25) is 0 Å². The number of esters is 1. The molecule has 0 spiro atoms. The molecule has 2 aromatic rings. The molecule has 0 heterocycles. The Balaban J connectivity index is 1.98. The van der Waals surface area contributed by atoms with E-state index in [1.54, 1.807) is 48.5 Å². The summed E-state index contributed by atoms with van der Waals surface area (Å²) in [5.74, 6) is -0.0683. The zero-order chi connectivity index (χ0) is 20.5. The van der Waals surface area contributed by atoms with E-state index in [4.69, 9.17) is 9.47 Å². The molecule has 1 atom stereocenters. The van der Waals surface area contributed by atoms with Crippen LogP contribution in [0.1, 0.15) is 31.1 Å². The van der Waals surface area contributed by atoms with Gasteiger partial charge in [0.1, 0.15) is 11.5 Å². The average molecular weight is 401 g/mol. The molecule has 0 aromatic heterocycles. The lowest BCUT2D eigenvalue weighted by atomic mass is 10.2. The number of carbonyl (C=O) groups is 3. The van der Waals surface area contributed by atoms with Crippen molar-refractivity contribution in [1.82, 2.24) is 0 Å². The average Bonchev–Trinajstić information content (AvgIpc) is 2.68. The number of benzene rings is 2. The predicted octanol–water partition coefficient (Wildman–Crippen LogP) is 3.95. The molecule has 1 N–H and O–H groups in total. The maximum atomic E-state index is 12.5. The Morgan fingerprint density at radius 1 is 1.07 bits per heavy atom. The van der Waals surface area contributed by atoms with E-state index in [1.807, 2.05) is 6.92 Å². The van der Waals surface area contributed by atoms with Crippen molar-refractivity contribution in [2.24, 2.45) is 0 Å². The molecule has 148 valence electrons. The van der Waals surface area contributed by atoms with Gasteiger partial charge in [-0.1, -0.05) is 12.1 Å². The number of hydrogen-bond acceptors (Lipinski definition) is 6. The van der Waals surface area contributed by atoms with Gasteiger partial charge in [-0.3, -0.25) is 9.59 Å². The second-order valence-corrected chi connectivity index (χ2v) is 7.00. The van der Waals surface area contributed by atoms with Crippen LogP contribution in [0.3, 0.4) is 0 Å². The normalized spacial score (nSPS) is 11.4. The van der Waals surface area contributed by atoms with Crippen molar-refractivity contribution in [3.8, 4) is 5.75 Å². The van der Waals surface area contributed by atoms with Crippen LogP contribution in [0.2, 0.25) is 0 Å². The van der Waals surface area contributed by atoms with Gasteiger partial charge < -0.3 is 14.8 Å². The monoisotopic (exact) mass is 401 g/mol. The summed E-state index contributed by atoms with van der Waals surface area (Å²) in [6.07, 6.45) is -0.982. The maximum Gasteiger partial charge on any atom is 0.340 e. The van der Waals surface area contributed by atoms with Crippen molar-refractivity contribution in [1.29, 1.82) is 0 Å². The Hall–Kier alpha value is -2.80. The lowest BCUT2D eigenvalue weighted by Gasteiger charge is -2.15. The molecule has 2 rings (SSSR count). The fourth-order valence-corrected chi connectivity index (χ4v) is 3.10. The van der Waals surface area contributed by atoms with E-state index in [1.165, 1.54) is 25.6 Å². The predicted molar refractivity (Wildman–Crippen MR) is 109 cm³/mol. The molecule has 1 amide bonds. The van der Waals surface area contributed by atoms with Gasteiger partial charge in [-0.05, 0) is 57.2 Å². The van der Waals surface area contributed by atoms with E-state index in [9.17, 15) is 14.4 Å². The van der Waals surface area contributed by atoms with Crippen LogP contribution in [-0.2, 0) is 14.3 Å². The van der Waals surface area contributed by atoms with Gasteiger partial charge >= 0.3 is 5.97 Å². The van der Waals surface area contributed by atoms with Gasteiger partial charge in [0, 0.05) is 10.6 Å². The highest BCUT2D eigenvalue weighted by molar-refractivity contribution is 8.00. The minimum Gasteiger partial charge on any atom is -0.494 e. The first kappa shape index (κ1) is 21.5. The molecule has 2 aromatic carbocycles. The van der Waals surface area contributed by atoms with E-state index >= 15 is 0 Å². The molecule has 0 bridgehead atoms. The number of ether oxygens (including phenoxy) is 2. The third-order valence-corrected chi connectivity index (χ3v) is 4.84. The molecule has 0 saturated heterocycles. The molecule has 7 heteroatoms. The topological polar surface area (TPSA) is 81.7 Å². The van der Waals surface area contributed by atoms with Crippen molar-refractivity contribution in [2.45, 2.75) is 31.8 Å². The number of rotatable bonds is 9. The Kier molecular flexibility index (Phi) is 8.07. The van der Waals surface area contributed by atoms with Crippen LogP contribution in [0, 0.1) is 0 Å². The number of nitrogens with one attached hydrogen (secondary N) is 1. The van der Waals surface area contributed by atoms with E-state index in [0.29, 0.717) is 28.5 Å². The number of amides is 1. The number of anilines is 1. The summed E-state index contributed by atoms with van der Waals surface area (Å²) in [6.45, 7) is 5.45. The molecule has 0 aliphatic heterocycles. The number of carbonyl (C=O) groups excluding carboxylic acids is 3. The Bertz CT molecular complexity index is 835. The number of ketones is 1. The summed E-state index contributed by atoms with van der Waals surface area (Å²) in [7, 11) is 0. The largest absolute Gasteiger partial charge is 0.494 e. The molecule has 0 aliphatic rings. The van der Waals surface area contributed by atoms with Gasteiger partial charge in [-0.25, -0.2) is 4.79 Å². The third-order valence-electron chi connectivity index (χ3n) is 3.62. The first-order chi connectivity index (χ1) is 13.4. The maximum absolute atomic E-state index is 12.5. The van der Waals surface area contributed by atoms with Gasteiger partial charge in [0.25, 0.3) is 5.91 Å². The molecule has 0 fully saturated rings. The van der Waals surface area contributed by atoms with Crippen LogP contribution < -0.4 is 10.1 Å². The SMILES string of the molecule is CCOc1ccc(NC(=O)[C@H](C)OC(=O)c2ccccc2SCC(C)=O)cc1. The summed E-state index contributed by atoms with van der Waals surface area (Å²) in [5.41, 5.74) is 0.906. The lowest BCUT2D eigenvalue weighted by molar-refractivity contribution is -0.123. The van der Waals surface area contributed by atoms with E-state index in [2.05, 4.69) is 5.32 Å². The summed E-state index contributed by atoms with van der Waals surface area (Å²) >= 11 is 1.26. The quantitative estimate of drug-likeness (QED) is 0.506. The van der Waals surface area contributed by atoms with E-state index < -0.39 is 18.0 Å². The van der Waals surface area contributed by atoms with Gasteiger partial charge in [0.05, 0.1) is 17.9 Å². The van der Waals surface area contributed by atoms with E-state index in [-0.39, 0.29) is 11.5 Å². The third kappa shape index (κ3) is 6.42.